The second kappa shape index (κ2) is 8.21. The third kappa shape index (κ3) is 6.52. The van der Waals surface area contributed by atoms with Crippen LogP contribution in [0.1, 0.15) is 47.5 Å². The largest absolute Gasteiger partial charge is 0.466 e. The van der Waals surface area contributed by atoms with Crippen molar-refractivity contribution >= 4 is 49.1 Å². The first-order chi connectivity index (χ1) is 11.1. The van der Waals surface area contributed by atoms with Crippen LogP contribution in [0.3, 0.4) is 0 Å². The Morgan fingerprint density at radius 1 is 1.28 bits per heavy atom. The molecule has 1 aliphatic rings. The highest BCUT2D eigenvalue weighted by molar-refractivity contribution is 6.74. The summed E-state index contributed by atoms with van der Waals surface area (Å²) in [5, 5.41) is -0.0883. The average Bonchev–Trinajstić information content (AvgIpc) is 2.34. The van der Waals surface area contributed by atoms with E-state index >= 15 is 0 Å². The Kier molecular flexibility index (Phi) is 7.71. The van der Waals surface area contributed by atoms with Gasteiger partial charge in [0.2, 0.25) is 10.1 Å². The van der Waals surface area contributed by atoms with E-state index in [0.29, 0.717) is 6.42 Å². The molecule has 0 aromatic rings. The topological polar surface area (TPSA) is 54.0 Å². The molecule has 0 aliphatic carbocycles. The van der Waals surface area contributed by atoms with Crippen LogP contribution in [-0.2, 0) is 23.4 Å². The van der Waals surface area contributed by atoms with Crippen LogP contribution in [-0.4, -0.2) is 42.9 Å². The molecule has 148 valence electrons. The smallest absolute Gasteiger partial charge is 0.311 e. The summed E-state index contributed by atoms with van der Waals surface area (Å²) < 4.78 is 21.4. The molecular formula is C16H29Cl3O5Si. The highest BCUT2D eigenvalue weighted by atomic mass is 35.6. The standard InChI is InChI=1S/C16H29Cl3O5Si/c1-8-21-12(20)10-15(24-25(6,7)14(3,4)5)9-11(2)22-13(23-15)16(17,18)19/h11,13H,8-10H2,1-7H3/t11-,13-,15-/m1/s1. The lowest BCUT2D eigenvalue weighted by Crippen LogP contribution is -2.59. The summed E-state index contributed by atoms with van der Waals surface area (Å²) in [6.45, 7) is 14.3. The molecule has 0 bridgehead atoms. The minimum absolute atomic E-state index is 0.0850. The summed E-state index contributed by atoms with van der Waals surface area (Å²) in [5.74, 6) is -1.67. The molecule has 0 aromatic heterocycles. The summed E-state index contributed by atoms with van der Waals surface area (Å²) in [4.78, 5) is 12.2. The van der Waals surface area contributed by atoms with Gasteiger partial charge in [0.15, 0.2) is 14.1 Å². The lowest BCUT2D eigenvalue weighted by molar-refractivity contribution is -0.339. The third-order valence-electron chi connectivity index (χ3n) is 4.51. The molecule has 1 rings (SSSR count). The number of carbonyl (C=O) groups is 1. The zero-order chi connectivity index (χ0) is 19.7. The molecule has 0 aromatic carbocycles. The number of carbonyl (C=O) groups excluding carboxylic acids is 1. The van der Waals surface area contributed by atoms with Gasteiger partial charge in [-0.25, -0.2) is 0 Å². The van der Waals surface area contributed by atoms with E-state index in [4.69, 9.17) is 53.4 Å². The molecule has 0 amide bonds. The lowest BCUT2D eigenvalue weighted by Gasteiger charge is -2.50. The normalized spacial score (nSPS) is 28.7. The van der Waals surface area contributed by atoms with Crippen molar-refractivity contribution in [1.29, 1.82) is 0 Å². The van der Waals surface area contributed by atoms with Gasteiger partial charge in [0.1, 0.15) is 0 Å². The predicted molar refractivity (Wildman–Crippen MR) is 103 cm³/mol. The Labute approximate surface area is 166 Å². The number of esters is 1. The average molecular weight is 436 g/mol. The number of halogens is 3. The van der Waals surface area contributed by atoms with Crippen molar-refractivity contribution in [2.45, 2.75) is 87.6 Å². The number of rotatable bonds is 5. The minimum Gasteiger partial charge on any atom is -0.466 e. The predicted octanol–water partition coefficient (Wildman–Crippen LogP) is 5.18. The van der Waals surface area contributed by atoms with Gasteiger partial charge in [-0.2, -0.15) is 0 Å². The first kappa shape index (κ1) is 23.5. The molecular weight excluding hydrogens is 407 g/mol. The highest BCUT2D eigenvalue weighted by Crippen LogP contribution is 2.46. The van der Waals surface area contributed by atoms with E-state index < -0.39 is 30.2 Å². The van der Waals surface area contributed by atoms with Gasteiger partial charge < -0.3 is 18.6 Å². The molecule has 25 heavy (non-hydrogen) atoms. The zero-order valence-corrected chi connectivity index (χ0v) is 19.2. The van der Waals surface area contributed by atoms with Crippen LogP contribution in [0.25, 0.3) is 0 Å². The second-order valence-corrected chi connectivity index (χ2v) is 15.0. The fraction of sp³-hybridized carbons (Fsp3) is 0.938. The molecule has 0 unspecified atom stereocenters. The van der Waals surface area contributed by atoms with E-state index in [0.717, 1.165) is 0 Å². The molecule has 3 atom stereocenters. The number of hydrogen-bond acceptors (Lipinski definition) is 5. The van der Waals surface area contributed by atoms with Crippen molar-refractivity contribution in [3.8, 4) is 0 Å². The van der Waals surface area contributed by atoms with Gasteiger partial charge in [-0.3, -0.25) is 4.79 Å². The van der Waals surface area contributed by atoms with Crippen molar-refractivity contribution in [1.82, 2.24) is 0 Å². The van der Waals surface area contributed by atoms with E-state index in [1.807, 2.05) is 6.92 Å². The van der Waals surface area contributed by atoms with Crippen LogP contribution in [0.4, 0.5) is 0 Å². The molecule has 0 spiro atoms. The van der Waals surface area contributed by atoms with Gasteiger partial charge in [-0.1, -0.05) is 55.6 Å². The second-order valence-electron chi connectivity index (χ2n) is 7.90. The number of hydrogen-bond donors (Lipinski definition) is 0. The summed E-state index contributed by atoms with van der Waals surface area (Å²) in [5.41, 5.74) is 0. The summed E-state index contributed by atoms with van der Waals surface area (Å²) in [6, 6.07) is 0. The number of alkyl halides is 3. The van der Waals surface area contributed by atoms with Crippen molar-refractivity contribution in [2.75, 3.05) is 6.61 Å². The molecule has 0 saturated carbocycles. The van der Waals surface area contributed by atoms with Crippen LogP contribution >= 0.6 is 34.8 Å². The third-order valence-corrected chi connectivity index (χ3v) is 9.54. The SMILES string of the molecule is CCOC(=O)C[C@]1(O[Si](C)(C)C(C)(C)C)C[C@@H](C)O[C@@H](C(Cl)(Cl)Cl)O1. The Bertz CT molecular complexity index is 475. The molecule has 0 radical (unpaired) electrons. The molecule has 1 saturated heterocycles. The summed E-state index contributed by atoms with van der Waals surface area (Å²) in [6.07, 6.45) is -1.19. The van der Waals surface area contributed by atoms with Gasteiger partial charge in [0.05, 0.1) is 19.1 Å². The van der Waals surface area contributed by atoms with E-state index in [-0.39, 0.29) is 24.2 Å². The van der Waals surface area contributed by atoms with Crippen molar-refractivity contribution < 1.29 is 23.4 Å². The van der Waals surface area contributed by atoms with Gasteiger partial charge in [-0.05, 0) is 32.0 Å². The molecule has 5 nitrogen and oxygen atoms in total. The Hall–Kier alpha value is 0.437. The molecule has 1 aliphatic heterocycles. The van der Waals surface area contributed by atoms with Crippen LogP contribution in [0, 0.1) is 0 Å². The van der Waals surface area contributed by atoms with Crippen LogP contribution < -0.4 is 0 Å². The summed E-state index contributed by atoms with van der Waals surface area (Å²) >= 11 is 18.0. The fourth-order valence-electron chi connectivity index (χ4n) is 2.38. The maximum atomic E-state index is 12.2. The first-order valence-electron chi connectivity index (χ1n) is 8.38. The Morgan fingerprint density at radius 3 is 2.28 bits per heavy atom. The molecule has 1 fully saturated rings. The van der Waals surface area contributed by atoms with Crippen LogP contribution in [0.2, 0.25) is 18.1 Å². The monoisotopic (exact) mass is 434 g/mol. The van der Waals surface area contributed by atoms with E-state index in [9.17, 15) is 4.79 Å². The summed E-state index contributed by atoms with van der Waals surface area (Å²) in [7, 11) is -2.29. The lowest BCUT2D eigenvalue weighted by atomic mass is 10.0. The molecule has 1 heterocycles. The molecule has 0 N–H and O–H groups in total. The maximum absolute atomic E-state index is 12.2. The van der Waals surface area contributed by atoms with Crippen molar-refractivity contribution in [3.05, 3.63) is 0 Å². The molecule has 9 heteroatoms. The Morgan fingerprint density at radius 2 is 1.84 bits per heavy atom. The van der Waals surface area contributed by atoms with E-state index in [1.165, 1.54) is 0 Å². The quantitative estimate of drug-likeness (QED) is 0.338. The van der Waals surface area contributed by atoms with Gasteiger partial charge >= 0.3 is 5.97 Å². The minimum atomic E-state index is -2.29. The van der Waals surface area contributed by atoms with Gasteiger partial charge in [0.25, 0.3) is 0 Å². The maximum Gasteiger partial charge on any atom is 0.311 e. The van der Waals surface area contributed by atoms with Crippen LogP contribution in [0.15, 0.2) is 0 Å². The highest BCUT2D eigenvalue weighted by Gasteiger charge is 2.54. The van der Waals surface area contributed by atoms with Crippen LogP contribution in [0.5, 0.6) is 0 Å². The van der Waals surface area contributed by atoms with Crippen molar-refractivity contribution in [2.24, 2.45) is 0 Å². The number of ether oxygens (including phenoxy) is 3. The van der Waals surface area contributed by atoms with Crippen molar-refractivity contribution in [3.63, 3.8) is 0 Å². The Balaban J connectivity index is 3.20. The fourth-order valence-corrected chi connectivity index (χ4v) is 4.11. The van der Waals surface area contributed by atoms with E-state index in [2.05, 4.69) is 33.9 Å². The van der Waals surface area contributed by atoms with E-state index in [1.54, 1.807) is 6.92 Å². The van der Waals surface area contributed by atoms with Gasteiger partial charge in [0, 0.05) is 6.42 Å². The van der Waals surface area contributed by atoms with Gasteiger partial charge in [-0.15, -0.1) is 0 Å². The first-order valence-corrected chi connectivity index (χ1v) is 12.4. The zero-order valence-electron chi connectivity index (χ0n) is 16.0.